The highest BCUT2D eigenvalue weighted by Crippen LogP contribution is 2.29. The summed E-state index contributed by atoms with van der Waals surface area (Å²) in [6.45, 7) is 3.12. The van der Waals surface area contributed by atoms with Crippen LogP contribution in [0.1, 0.15) is 27.9 Å². The first-order valence-electron chi connectivity index (χ1n) is 7.12. The lowest BCUT2D eigenvalue weighted by atomic mass is 10.1. The zero-order chi connectivity index (χ0) is 17.3. The van der Waals surface area contributed by atoms with Gasteiger partial charge in [0.1, 0.15) is 16.4 Å². The third-order valence-electron chi connectivity index (χ3n) is 3.54. The summed E-state index contributed by atoms with van der Waals surface area (Å²) >= 11 is 1.42. The Kier molecular flexibility index (Phi) is 4.53. The van der Waals surface area contributed by atoms with E-state index in [1.165, 1.54) is 23.5 Å². The second-order valence-electron chi connectivity index (χ2n) is 5.27. The van der Waals surface area contributed by atoms with Gasteiger partial charge in [0.2, 0.25) is 10.0 Å². The molecule has 0 spiro atoms. The van der Waals surface area contributed by atoms with Gasteiger partial charge in [-0.15, -0.1) is 11.3 Å². The van der Waals surface area contributed by atoms with Crippen LogP contribution in [0, 0.1) is 19.7 Å². The highest BCUT2D eigenvalue weighted by Gasteiger charge is 2.29. The Morgan fingerprint density at radius 3 is 2.46 bits per heavy atom. The number of sulfonamides is 1. The van der Waals surface area contributed by atoms with Crippen molar-refractivity contribution in [2.75, 3.05) is 0 Å². The van der Waals surface area contributed by atoms with Crippen molar-refractivity contribution in [1.82, 2.24) is 9.88 Å². The summed E-state index contributed by atoms with van der Waals surface area (Å²) in [4.78, 5) is 0.836. The Labute approximate surface area is 143 Å². The minimum Gasteiger partial charge on any atom is -0.360 e. The number of aryl methyl sites for hydroxylation is 2. The lowest BCUT2D eigenvalue weighted by Gasteiger charge is -2.18. The van der Waals surface area contributed by atoms with E-state index >= 15 is 0 Å². The first-order valence-corrected chi connectivity index (χ1v) is 9.49. The van der Waals surface area contributed by atoms with Crippen LogP contribution in [0.25, 0.3) is 0 Å². The van der Waals surface area contributed by atoms with Gasteiger partial charge >= 0.3 is 0 Å². The maximum absolute atomic E-state index is 13.2. The Morgan fingerprint density at radius 1 is 1.21 bits per heavy atom. The molecule has 0 saturated heterocycles. The Bertz CT molecular complexity index is 913. The minimum absolute atomic E-state index is 0.0335. The van der Waals surface area contributed by atoms with Gasteiger partial charge in [-0.25, -0.2) is 12.8 Å². The molecular weight excluding hydrogens is 351 g/mol. The van der Waals surface area contributed by atoms with Gasteiger partial charge in [-0.2, -0.15) is 4.72 Å². The molecule has 24 heavy (non-hydrogen) atoms. The van der Waals surface area contributed by atoms with E-state index in [9.17, 15) is 12.8 Å². The lowest BCUT2D eigenvalue weighted by Crippen LogP contribution is -2.29. The van der Waals surface area contributed by atoms with E-state index in [-0.39, 0.29) is 16.5 Å². The van der Waals surface area contributed by atoms with Crippen LogP contribution in [0.15, 0.2) is 51.2 Å². The maximum Gasteiger partial charge on any atom is 0.246 e. The number of rotatable bonds is 5. The molecule has 8 heteroatoms. The summed E-state index contributed by atoms with van der Waals surface area (Å²) in [5, 5.41) is 5.55. The molecule has 3 rings (SSSR count). The number of halogens is 1. The summed E-state index contributed by atoms with van der Waals surface area (Å²) in [5.41, 5.74) is 0.943. The third-order valence-corrected chi connectivity index (χ3v) is 6.14. The van der Waals surface area contributed by atoms with Gasteiger partial charge in [0, 0.05) is 4.88 Å². The highest BCUT2D eigenvalue weighted by atomic mass is 32.2. The Balaban J connectivity index is 2.03. The highest BCUT2D eigenvalue weighted by molar-refractivity contribution is 7.89. The number of benzene rings is 1. The molecule has 2 aromatic heterocycles. The summed E-state index contributed by atoms with van der Waals surface area (Å²) in [6, 6.07) is 8.78. The quantitative estimate of drug-likeness (QED) is 0.749. The van der Waals surface area contributed by atoms with Crippen LogP contribution >= 0.6 is 11.3 Å². The predicted molar refractivity (Wildman–Crippen MR) is 88.9 cm³/mol. The predicted octanol–water partition coefficient (Wildman–Crippen LogP) is 3.56. The summed E-state index contributed by atoms with van der Waals surface area (Å²) in [5.74, 6) is -0.152. The smallest absolute Gasteiger partial charge is 0.246 e. The molecule has 0 bridgehead atoms. The van der Waals surface area contributed by atoms with Crippen molar-refractivity contribution in [2.45, 2.75) is 24.8 Å². The molecular formula is C16H15FN2O3S2. The average Bonchev–Trinajstić information content (AvgIpc) is 3.16. The molecule has 0 aliphatic heterocycles. The van der Waals surface area contributed by atoms with Gasteiger partial charge in [0.15, 0.2) is 5.76 Å². The zero-order valence-electron chi connectivity index (χ0n) is 13.0. The van der Waals surface area contributed by atoms with Crippen molar-refractivity contribution in [3.63, 3.8) is 0 Å². The average molecular weight is 366 g/mol. The summed E-state index contributed by atoms with van der Waals surface area (Å²) < 4.78 is 46.4. The second kappa shape index (κ2) is 6.46. The van der Waals surface area contributed by atoms with Crippen LogP contribution in [-0.2, 0) is 10.0 Å². The van der Waals surface area contributed by atoms with Crippen LogP contribution in [0.2, 0.25) is 0 Å². The van der Waals surface area contributed by atoms with Gasteiger partial charge in [-0.3, -0.25) is 0 Å². The number of nitrogens with zero attached hydrogens (tertiary/aromatic N) is 1. The van der Waals surface area contributed by atoms with Crippen molar-refractivity contribution in [1.29, 1.82) is 0 Å². The Morgan fingerprint density at radius 2 is 1.92 bits per heavy atom. The molecule has 1 atom stereocenters. The molecule has 0 aliphatic rings. The van der Waals surface area contributed by atoms with Crippen LogP contribution in [0.5, 0.6) is 0 Å². The van der Waals surface area contributed by atoms with Crippen molar-refractivity contribution >= 4 is 21.4 Å². The summed E-state index contributed by atoms with van der Waals surface area (Å²) in [7, 11) is -3.86. The number of nitrogens with one attached hydrogen (secondary N) is 1. The first kappa shape index (κ1) is 16.8. The zero-order valence-corrected chi connectivity index (χ0v) is 14.6. The van der Waals surface area contributed by atoms with Gasteiger partial charge in [-0.05, 0) is 43.0 Å². The van der Waals surface area contributed by atoms with E-state index < -0.39 is 16.1 Å². The number of aromatic nitrogens is 1. The molecule has 3 aromatic rings. The standard InChI is InChI=1S/C16H15FN2O3S2/c1-10-16(11(2)22-18-10)24(20,21)19-15(14-4-3-9-23-14)12-5-7-13(17)8-6-12/h3-9,15,19H,1-2H3/t15-/m0/s1. The second-order valence-corrected chi connectivity index (χ2v) is 7.90. The van der Waals surface area contributed by atoms with Crippen LogP contribution in [0.3, 0.4) is 0 Å². The maximum atomic E-state index is 13.2. The number of thiophene rings is 1. The fourth-order valence-electron chi connectivity index (χ4n) is 2.47. The van der Waals surface area contributed by atoms with Crippen LogP contribution < -0.4 is 4.72 Å². The van der Waals surface area contributed by atoms with E-state index in [1.54, 1.807) is 26.0 Å². The fourth-order valence-corrected chi connectivity index (χ4v) is 4.88. The molecule has 0 radical (unpaired) electrons. The van der Waals surface area contributed by atoms with E-state index in [4.69, 9.17) is 4.52 Å². The monoisotopic (exact) mass is 366 g/mol. The van der Waals surface area contributed by atoms with Gasteiger partial charge < -0.3 is 4.52 Å². The molecule has 1 N–H and O–H groups in total. The van der Waals surface area contributed by atoms with E-state index in [0.717, 1.165) is 4.88 Å². The van der Waals surface area contributed by atoms with Crippen molar-refractivity contribution in [3.05, 3.63) is 69.5 Å². The van der Waals surface area contributed by atoms with Gasteiger partial charge in [0.05, 0.1) is 6.04 Å². The lowest BCUT2D eigenvalue weighted by molar-refractivity contribution is 0.390. The molecule has 0 saturated carbocycles. The molecule has 0 amide bonds. The van der Waals surface area contributed by atoms with Gasteiger partial charge in [-0.1, -0.05) is 23.4 Å². The molecule has 0 unspecified atom stereocenters. The van der Waals surface area contributed by atoms with E-state index in [1.807, 2.05) is 17.5 Å². The van der Waals surface area contributed by atoms with Crippen molar-refractivity contribution < 1.29 is 17.3 Å². The number of hydrogen-bond donors (Lipinski definition) is 1. The molecule has 0 fully saturated rings. The number of hydrogen-bond acceptors (Lipinski definition) is 5. The topological polar surface area (TPSA) is 72.2 Å². The summed E-state index contributed by atoms with van der Waals surface area (Å²) in [6.07, 6.45) is 0. The van der Waals surface area contributed by atoms with E-state index in [0.29, 0.717) is 11.3 Å². The molecule has 5 nitrogen and oxygen atoms in total. The SMILES string of the molecule is Cc1noc(C)c1S(=O)(=O)N[C@@H](c1ccc(F)cc1)c1cccs1. The first-order chi connectivity index (χ1) is 11.4. The molecule has 126 valence electrons. The normalized spacial score (nSPS) is 13.1. The van der Waals surface area contributed by atoms with E-state index in [2.05, 4.69) is 9.88 Å². The minimum atomic E-state index is -3.86. The van der Waals surface area contributed by atoms with Crippen molar-refractivity contribution in [2.24, 2.45) is 0 Å². The largest absolute Gasteiger partial charge is 0.360 e. The van der Waals surface area contributed by atoms with Crippen molar-refractivity contribution in [3.8, 4) is 0 Å². The molecule has 0 aliphatic carbocycles. The third kappa shape index (κ3) is 3.26. The van der Waals surface area contributed by atoms with Crippen LogP contribution in [0.4, 0.5) is 4.39 Å². The Hall–Kier alpha value is -2.03. The van der Waals surface area contributed by atoms with Gasteiger partial charge in [0.25, 0.3) is 0 Å². The fraction of sp³-hybridized carbons (Fsp3) is 0.188. The van der Waals surface area contributed by atoms with Crippen LogP contribution in [-0.4, -0.2) is 13.6 Å². The molecule has 1 aromatic carbocycles. The molecule has 2 heterocycles.